The van der Waals surface area contributed by atoms with Crippen molar-refractivity contribution in [3.05, 3.63) is 59.4 Å². The Morgan fingerprint density at radius 2 is 2.12 bits per heavy atom. The Bertz CT molecular complexity index is 781. The molecule has 2 heterocycles. The number of ether oxygens (including phenoxy) is 1. The maximum atomic E-state index is 12.7. The van der Waals surface area contributed by atoms with Gasteiger partial charge < -0.3 is 10.1 Å². The van der Waals surface area contributed by atoms with Crippen molar-refractivity contribution in [3.63, 3.8) is 0 Å². The highest BCUT2D eigenvalue weighted by molar-refractivity contribution is 5.82. The van der Waals surface area contributed by atoms with Gasteiger partial charge in [-0.15, -0.1) is 0 Å². The molecule has 1 aliphatic carbocycles. The molecule has 4 rings (SSSR count). The van der Waals surface area contributed by atoms with E-state index in [0.29, 0.717) is 6.54 Å². The summed E-state index contributed by atoms with van der Waals surface area (Å²) in [6.07, 6.45) is 6.25. The zero-order valence-electron chi connectivity index (χ0n) is 14.9. The highest BCUT2D eigenvalue weighted by atomic mass is 16.5. The lowest BCUT2D eigenvalue weighted by Crippen LogP contribution is -2.46. The van der Waals surface area contributed by atoms with Crippen molar-refractivity contribution < 1.29 is 9.53 Å². The van der Waals surface area contributed by atoms with Crippen LogP contribution in [-0.4, -0.2) is 30.6 Å². The Balaban J connectivity index is 1.40. The smallest absolute Gasteiger partial charge is 0.238 e. The molecule has 1 aromatic carbocycles. The third kappa shape index (κ3) is 3.18. The summed E-state index contributed by atoms with van der Waals surface area (Å²) in [5, 5.41) is 3.07. The Kier molecular flexibility index (Phi) is 4.86. The molecule has 3 N–H and O–H groups in total. The monoisotopic (exact) mass is 352 g/mol. The predicted molar refractivity (Wildman–Crippen MR) is 98.6 cm³/mol. The van der Waals surface area contributed by atoms with E-state index in [1.54, 1.807) is 19.5 Å². The fourth-order valence-electron chi connectivity index (χ4n) is 4.12. The summed E-state index contributed by atoms with van der Waals surface area (Å²) in [6.45, 7) is 0.628. The van der Waals surface area contributed by atoms with Crippen molar-refractivity contribution in [3.8, 4) is 5.75 Å². The molecule has 0 bridgehead atoms. The molecule has 136 valence electrons. The van der Waals surface area contributed by atoms with Crippen LogP contribution in [0.15, 0.2) is 42.7 Å². The highest BCUT2D eigenvalue weighted by Crippen LogP contribution is 2.41. The van der Waals surface area contributed by atoms with Crippen LogP contribution in [0.5, 0.6) is 5.75 Å². The standard InChI is InChI=1S/C20H24N4O2/c1-26-17-4-2-3-15-14(17)5-6-16-18(15)23-24-19(16)20(25)22-12-9-13-7-10-21-11-8-13/h2-4,7-8,10-11,16,18-19,23-24H,5-6,9,12H2,1H3,(H,22,25). The first-order valence-electron chi connectivity index (χ1n) is 9.11. The van der Waals surface area contributed by atoms with Crippen LogP contribution in [0.3, 0.4) is 0 Å². The molecule has 0 saturated carbocycles. The lowest BCUT2D eigenvalue weighted by molar-refractivity contribution is -0.123. The second-order valence-corrected chi connectivity index (χ2v) is 6.87. The lowest BCUT2D eigenvalue weighted by atomic mass is 9.77. The van der Waals surface area contributed by atoms with Crippen LogP contribution >= 0.6 is 0 Å². The summed E-state index contributed by atoms with van der Waals surface area (Å²) in [7, 11) is 1.71. The molecule has 0 radical (unpaired) electrons. The van der Waals surface area contributed by atoms with Crippen molar-refractivity contribution in [2.45, 2.75) is 31.3 Å². The number of carbonyl (C=O) groups excluding carboxylic acids is 1. The minimum absolute atomic E-state index is 0.0606. The van der Waals surface area contributed by atoms with Gasteiger partial charge in [0.25, 0.3) is 0 Å². The number of hydrazine groups is 1. The molecule has 1 aliphatic heterocycles. The topological polar surface area (TPSA) is 75.3 Å². The van der Waals surface area contributed by atoms with Crippen LogP contribution < -0.4 is 20.9 Å². The fourth-order valence-corrected chi connectivity index (χ4v) is 4.12. The second kappa shape index (κ2) is 7.43. The number of pyridine rings is 1. The summed E-state index contributed by atoms with van der Waals surface area (Å²) in [5.74, 6) is 1.24. The average Bonchev–Trinajstić information content (AvgIpc) is 3.13. The van der Waals surface area contributed by atoms with Crippen molar-refractivity contribution in [1.82, 2.24) is 21.2 Å². The Labute approximate surface area is 153 Å². The number of nitrogens with zero attached hydrogens (tertiary/aromatic N) is 1. The molecule has 0 spiro atoms. The fraction of sp³-hybridized carbons (Fsp3) is 0.400. The normalized spacial score (nSPS) is 23.8. The number of aromatic nitrogens is 1. The SMILES string of the molecule is COc1cccc2c1CCC1C(C(=O)NCCc3ccncc3)NNC21. The molecule has 1 aromatic heterocycles. The molecule has 1 amide bonds. The van der Waals surface area contributed by atoms with Gasteiger partial charge >= 0.3 is 0 Å². The first-order valence-corrected chi connectivity index (χ1v) is 9.11. The Hall–Kier alpha value is -2.44. The maximum absolute atomic E-state index is 12.7. The number of fused-ring (bicyclic) bond motifs is 3. The number of methoxy groups -OCH3 is 1. The zero-order chi connectivity index (χ0) is 17.9. The number of carbonyl (C=O) groups is 1. The number of nitrogens with one attached hydrogen (secondary N) is 3. The van der Waals surface area contributed by atoms with Crippen LogP contribution in [0, 0.1) is 5.92 Å². The van der Waals surface area contributed by atoms with Crippen LogP contribution in [0.1, 0.15) is 29.2 Å². The summed E-state index contributed by atoms with van der Waals surface area (Å²) in [5.41, 5.74) is 10.2. The number of amides is 1. The zero-order valence-corrected chi connectivity index (χ0v) is 14.9. The molecule has 1 saturated heterocycles. The lowest BCUT2D eigenvalue weighted by Gasteiger charge is -2.30. The predicted octanol–water partition coefficient (Wildman–Crippen LogP) is 1.53. The van der Waals surface area contributed by atoms with Gasteiger partial charge in [0.05, 0.1) is 13.2 Å². The number of hydrogen-bond acceptors (Lipinski definition) is 5. The number of hydrogen-bond donors (Lipinski definition) is 3. The molecule has 1 fully saturated rings. The maximum Gasteiger partial charge on any atom is 0.238 e. The first-order chi connectivity index (χ1) is 12.8. The van der Waals surface area contributed by atoms with E-state index in [9.17, 15) is 4.79 Å². The van der Waals surface area contributed by atoms with Crippen LogP contribution in [0.4, 0.5) is 0 Å². The molecule has 6 heteroatoms. The minimum atomic E-state index is -0.211. The molecule has 3 atom stereocenters. The van der Waals surface area contributed by atoms with Gasteiger partial charge in [0.2, 0.25) is 5.91 Å². The summed E-state index contributed by atoms with van der Waals surface area (Å²) < 4.78 is 5.50. The molecule has 6 nitrogen and oxygen atoms in total. The number of benzene rings is 1. The van der Waals surface area contributed by atoms with Crippen LogP contribution in [0.25, 0.3) is 0 Å². The average molecular weight is 352 g/mol. The second-order valence-electron chi connectivity index (χ2n) is 6.87. The van der Waals surface area contributed by atoms with Gasteiger partial charge in [-0.1, -0.05) is 12.1 Å². The van der Waals surface area contributed by atoms with Gasteiger partial charge in [-0.3, -0.25) is 9.78 Å². The van der Waals surface area contributed by atoms with Crippen molar-refractivity contribution in [1.29, 1.82) is 0 Å². The van der Waals surface area contributed by atoms with E-state index >= 15 is 0 Å². The highest BCUT2D eigenvalue weighted by Gasteiger charge is 2.43. The minimum Gasteiger partial charge on any atom is -0.496 e. The molecule has 26 heavy (non-hydrogen) atoms. The van der Waals surface area contributed by atoms with Crippen molar-refractivity contribution in [2.24, 2.45) is 5.92 Å². The van der Waals surface area contributed by atoms with Crippen molar-refractivity contribution in [2.75, 3.05) is 13.7 Å². The Morgan fingerprint density at radius 3 is 2.92 bits per heavy atom. The van der Waals surface area contributed by atoms with Gasteiger partial charge in [-0.25, -0.2) is 10.9 Å². The van der Waals surface area contributed by atoms with E-state index in [4.69, 9.17) is 4.74 Å². The van der Waals surface area contributed by atoms with Gasteiger partial charge in [-0.2, -0.15) is 0 Å². The summed E-state index contributed by atoms with van der Waals surface area (Å²) in [4.78, 5) is 16.7. The Morgan fingerprint density at radius 1 is 1.27 bits per heavy atom. The molecular formula is C20H24N4O2. The number of rotatable bonds is 5. The van der Waals surface area contributed by atoms with Crippen molar-refractivity contribution >= 4 is 5.91 Å². The van der Waals surface area contributed by atoms with E-state index in [1.165, 1.54) is 16.7 Å². The van der Waals surface area contributed by atoms with Gasteiger partial charge in [-0.05, 0) is 54.2 Å². The van der Waals surface area contributed by atoms with Crippen LogP contribution in [-0.2, 0) is 17.6 Å². The van der Waals surface area contributed by atoms with E-state index in [0.717, 1.165) is 25.0 Å². The van der Waals surface area contributed by atoms with Gasteiger partial charge in [0.15, 0.2) is 0 Å². The van der Waals surface area contributed by atoms with E-state index < -0.39 is 0 Å². The molecular weight excluding hydrogens is 328 g/mol. The van der Waals surface area contributed by atoms with Gasteiger partial charge in [0, 0.05) is 24.9 Å². The van der Waals surface area contributed by atoms with Gasteiger partial charge in [0.1, 0.15) is 11.8 Å². The van der Waals surface area contributed by atoms with E-state index in [-0.39, 0.29) is 23.9 Å². The third-order valence-electron chi connectivity index (χ3n) is 5.45. The van der Waals surface area contributed by atoms with Crippen LogP contribution in [0.2, 0.25) is 0 Å². The molecule has 3 unspecified atom stereocenters. The summed E-state index contributed by atoms with van der Waals surface area (Å²) in [6, 6.07) is 10.0. The molecule has 2 aromatic rings. The largest absolute Gasteiger partial charge is 0.496 e. The first kappa shape index (κ1) is 17.0. The third-order valence-corrected chi connectivity index (χ3v) is 5.45. The quantitative estimate of drug-likeness (QED) is 0.761. The van der Waals surface area contributed by atoms with E-state index in [2.05, 4.69) is 27.2 Å². The summed E-state index contributed by atoms with van der Waals surface area (Å²) >= 11 is 0. The van der Waals surface area contributed by atoms with E-state index in [1.807, 2.05) is 24.3 Å². The molecule has 2 aliphatic rings.